The molecule has 0 heterocycles. The van der Waals surface area contributed by atoms with E-state index in [-0.39, 0.29) is 26.2 Å². The Hall–Kier alpha value is 0.803. The summed E-state index contributed by atoms with van der Waals surface area (Å²) in [5.74, 6) is 0. The van der Waals surface area contributed by atoms with Crippen LogP contribution in [0.4, 0.5) is 0 Å². The van der Waals surface area contributed by atoms with Crippen molar-refractivity contribution >= 4 is 0 Å². The minimum Gasteiger partial charge on any atom is -0.668 e. The predicted molar refractivity (Wildman–Crippen MR) is 30.4 cm³/mol. The van der Waals surface area contributed by atoms with Crippen LogP contribution < -0.4 is 0 Å². The largest absolute Gasteiger partial charge is 2.00 e. The molecule has 0 aromatic carbocycles. The van der Waals surface area contributed by atoms with E-state index in [9.17, 15) is 0 Å². The van der Waals surface area contributed by atoms with E-state index in [0.29, 0.717) is 0 Å². The topological polar surface area (TPSA) is 28.2 Å². The molecule has 0 N–H and O–H groups in total. The minimum absolute atomic E-state index is 0. The average molecular weight is 179 g/mol. The van der Waals surface area contributed by atoms with Crippen molar-refractivity contribution in [3.63, 3.8) is 0 Å². The van der Waals surface area contributed by atoms with E-state index in [4.69, 9.17) is 0 Å². The van der Waals surface area contributed by atoms with Gasteiger partial charge < -0.3 is 10.6 Å². The summed E-state index contributed by atoms with van der Waals surface area (Å²) in [6.45, 7) is 0. The van der Waals surface area contributed by atoms with Gasteiger partial charge >= 0.3 is 26.2 Å². The van der Waals surface area contributed by atoms with Crippen molar-refractivity contribution in [3.05, 3.63) is 10.6 Å². The Morgan fingerprint density at radius 1 is 0.714 bits per heavy atom. The summed E-state index contributed by atoms with van der Waals surface area (Å²) in [6.07, 6.45) is 0. The summed E-state index contributed by atoms with van der Waals surface area (Å²) in [5.41, 5.74) is 0. The maximum absolute atomic E-state index is 3.50. The standard InChI is InChI=1S/2C2H6N.Zr/c2*1-3-2;/h2*1-2H3;/q2*-1;+2. The van der Waals surface area contributed by atoms with Gasteiger partial charge in [0.2, 0.25) is 0 Å². The van der Waals surface area contributed by atoms with Gasteiger partial charge in [-0.25, -0.2) is 0 Å². The third kappa shape index (κ3) is 243. The van der Waals surface area contributed by atoms with Gasteiger partial charge in [-0.2, -0.15) is 28.2 Å². The minimum atomic E-state index is 0. The van der Waals surface area contributed by atoms with Crippen molar-refractivity contribution in [2.75, 3.05) is 28.2 Å². The van der Waals surface area contributed by atoms with Gasteiger partial charge in [0, 0.05) is 0 Å². The van der Waals surface area contributed by atoms with Crippen molar-refractivity contribution in [2.24, 2.45) is 0 Å². The fourth-order valence-corrected chi connectivity index (χ4v) is 0. The van der Waals surface area contributed by atoms with Gasteiger partial charge in [-0.1, -0.05) is 0 Å². The van der Waals surface area contributed by atoms with E-state index < -0.39 is 0 Å². The Morgan fingerprint density at radius 3 is 0.714 bits per heavy atom. The number of nitrogens with zero attached hydrogens (tertiary/aromatic N) is 2. The molecule has 0 bridgehead atoms. The molecule has 0 aliphatic carbocycles. The van der Waals surface area contributed by atoms with Crippen molar-refractivity contribution in [1.29, 1.82) is 0 Å². The van der Waals surface area contributed by atoms with E-state index in [2.05, 4.69) is 10.6 Å². The second kappa shape index (κ2) is 29.2. The zero-order chi connectivity index (χ0) is 5.41. The first kappa shape index (κ1) is 15.7. The SMILES string of the molecule is C[N-]C.C[N-]C.[Zr+2]. The zero-order valence-electron chi connectivity index (χ0n) is 5.39. The first-order valence-corrected chi connectivity index (χ1v) is 1.79. The van der Waals surface area contributed by atoms with Gasteiger partial charge in [0.05, 0.1) is 0 Å². The van der Waals surface area contributed by atoms with E-state index in [1.54, 1.807) is 28.2 Å². The normalized spacial score (nSPS) is 5.14. The van der Waals surface area contributed by atoms with Crippen LogP contribution in [0.15, 0.2) is 0 Å². The molecule has 0 radical (unpaired) electrons. The molecule has 0 atom stereocenters. The summed E-state index contributed by atoms with van der Waals surface area (Å²) in [4.78, 5) is 0. The van der Waals surface area contributed by atoms with Gasteiger partial charge in [-0.05, 0) is 0 Å². The van der Waals surface area contributed by atoms with Crippen LogP contribution in [0, 0.1) is 0 Å². The first-order chi connectivity index (χ1) is 2.83. The molecular weight excluding hydrogens is 167 g/mol. The number of hydrogen-bond donors (Lipinski definition) is 0. The van der Waals surface area contributed by atoms with Gasteiger partial charge in [-0.3, -0.25) is 0 Å². The molecule has 0 aromatic heterocycles. The smallest absolute Gasteiger partial charge is 0.668 e. The predicted octanol–water partition coefficient (Wildman–Crippen LogP) is 1.24. The van der Waals surface area contributed by atoms with Crippen LogP contribution >= 0.6 is 0 Å². The molecule has 0 fully saturated rings. The second-order valence-electron chi connectivity index (χ2n) is 0.894. The van der Waals surface area contributed by atoms with Gasteiger partial charge in [-0.15, -0.1) is 0 Å². The molecular formula is C4H12N2Zr. The van der Waals surface area contributed by atoms with Crippen LogP contribution in [0.5, 0.6) is 0 Å². The fraction of sp³-hybridized carbons (Fsp3) is 1.00. The van der Waals surface area contributed by atoms with E-state index in [1.807, 2.05) is 0 Å². The summed E-state index contributed by atoms with van der Waals surface area (Å²) in [7, 11) is 7.00. The fourth-order valence-electron chi connectivity index (χ4n) is 0. The first-order valence-electron chi connectivity index (χ1n) is 1.79. The quantitative estimate of drug-likeness (QED) is 0.535. The molecule has 0 saturated heterocycles. The van der Waals surface area contributed by atoms with Crippen LogP contribution in [0.2, 0.25) is 0 Å². The molecule has 2 nitrogen and oxygen atoms in total. The Labute approximate surface area is 65.2 Å². The molecule has 0 rings (SSSR count). The van der Waals surface area contributed by atoms with E-state index in [1.165, 1.54) is 0 Å². The number of hydrogen-bond acceptors (Lipinski definition) is 0. The Bertz CT molecular complexity index is 11.7. The third-order valence-corrected chi connectivity index (χ3v) is 0. The maximum Gasteiger partial charge on any atom is 2.00 e. The second-order valence-corrected chi connectivity index (χ2v) is 0.894. The van der Waals surface area contributed by atoms with Crippen molar-refractivity contribution < 1.29 is 26.2 Å². The molecule has 0 saturated carbocycles. The van der Waals surface area contributed by atoms with Crippen molar-refractivity contribution in [3.8, 4) is 0 Å². The average Bonchev–Trinajstić information content (AvgIpc) is 1.39. The van der Waals surface area contributed by atoms with Gasteiger partial charge in [0.1, 0.15) is 0 Å². The monoisotopic (exact) mass is 178 g/mol. The summed E-state index contributed by atoms with van der Waals surface area (Å²) in [5, 5.41) is 7.00. The molecule has 0 unspecified atom stereocenters. The molecule has 42 valence electrons. The zero-order valence-corrected chi connectivity index (χ0v) is 7.85. The Balaban J connectivity index is -0.0000000400. The molecule has 3 heteroatoms. The molecule has 0 aliphatic rings. The molecule has 0 spiro atoms. The molecule has 7 heavy (non-hydrogen) atoms. The number of rotatable bonds is 0. The summed E-state index contributed by atoms with van der Waals surface area (Å²) < 4.78 is 0. The molecule has 0 amide bonds. The van der Waals surface area contributed by atoms with Gasteiger partial charge in [0.25, 0.3) is 0 Å². The summed E-state index contributed by atoms with van der Waals surface area (Å²) >= 11 is 0. The van der Waals surface area contributed by atoms with Crippen LogP contribution in [-0.4, -0.2) is 28.2 Å². The maximum atomic E-state index is 3.50. The van der Waals surface area contributed by atoms with Crippen molar-refractivity contribution in [2.45, 2.75) is 0 Å². The van der Waals surface area contributed by atoms with Crippen LogP contribution in [0.1, 0.15) is 0 Å². The van der Waals surface area contributed by atoms with Gasteiger partial charge in [0.15, 0.2) is 0 Å². The summed E-state index contributed by atoms with van der Waals surface area (Å²) in [6, 6.07) is 0. The van der Waals surface area contributed by atoms with E-state index in [0.717, 1.165) is 0 Å². The van der Waals surface area contributed by atoms with Crippen LogP contribution in [-0.2, 0) is 26.2 Å². The van der Waals surface area contributed by atoms with Crippen molar-refractivity contribution in [1.82, 2.24) is 0 Å². The molecule has 0 aromatic rings. The molecule has 0 aliphatic heterocycles. The van der Waals surface area contributed by atoms with E-state index >= 15 is 0 Å². The third-order valence-electron chi connectivity index (χ3n) is 0. The van der Waals surface area contributed by atoms with Crippen LogP contribution in [0.3, 0.4) is 0 Å². The Morgan fingerprint density at radius 2 is 0.714 bits per heavy atom. The Kier molecular flexibility index (Phi) is 65.2. The van der Waals surface area contributed by atoms with Crippen LogP contribution in [0.25, 0.3) is 10.6 Å².